The average Bonchev–Trinajstić information content (AvgIpc) is 2.83. The molecule has 6 nitrogen and oxygen atoms in total. The van der Waals surface area contributed by atoms with Crippen LogP contribution in [0.25, 0.3) is 10.9 Å². The number of nitrogens with one attached hydrogen (secondary N) is 1. The van der Waals surface area contributed by atoms with Crippen molar-refractivity contribution in [1.29, 1.82) is 0 Å². The minimum Gasteiger partial charge on any atom is -0.497 e. The minimum absolute atomic E-state index is 0.244. The van der Waals surface area contributed by atoms with Crippen molar-refractivity contribution in [2.45, 2.75) is 6.61 Å². The summed E-state index contributed by atoms with van der Waals surface area (Å²) in [7, 11) is 3.12. The Morgan fingerprint density at radius 2 is 1.65 bits per heavy atom. The van der Waals surface area contributed by atoms with E-state index in [1.165, 1.54) is 0 Å². The fourth-order valence-corrected chi connectivity index (χ4v) is 3.14. The zero-order valence-corrected chi connectivity index (χ0v) is 17.3. The predicted molar refractivity (Wildman–Crippen MR) is 120 cm³/mol. The van der Waals surface area contributed by atoms with Gasteiger partial charge in [0.05, 0.1) is 31.1 Å². The van der Waals surface area contributed by atoms with Gasteiger partial charge in [-0.05, 0) is 48.5 Å². The van der Waals surface area contributed by atoms with E-state index in [9.17, 15) is 4.79 Å². The summed E-state index contributed by atoms with van der Waals surface area (Å²) < 4.78 is 16.3. The molecule has 0 bridgehead atoms. The number of anilines is 1. The number of methoxy groups -OCH3 is 2. The van der Waals surface area contributed by atoms with Gasteiger partial charge in [0.2, 0.25) is 0 Å². The van der Waals surface area contributed by atoms with Crippen LogP contribution in [0.4, 0.5) is 5.69 Å². The van der Waals surface area contributed by atoms with Crippen LogP contribution in [-0.4, -0.2) is 25.1 Å². The highest BCUT2D eigenvalue weighted by molar-refractivity contribution is 6.05. The summed E-state index contributed by atoms with van der Waals surface area (Å²) in [6.07, 6.45) is 0. The smallest absolute Gasteiger partial charge is 0.255 e. The first kappa shape index (κ1) is 20.2. The third-order valence-electron chi connectivity index (χ3n) is 4.82. The van der Waals surface area contributed by atoms with E-state index in [0.717, 1.165) is 16.6 Å². The highest BCUT2D eigenvalue weighted by Crippen LogP contribution is 2.29. The molecule has 0 aliphatic rings. The monoisotopic (exact) mass is 414 g/mol. The Bertz CT molecular complexity index is 1210. The maximum atomic E-state index is 12.6. The van der Waals surface area contributed by atoms with Gasteiger partial charge in [0, 0.05) is 17.0 Å². The molecule has 1 aromatic heterocycles. The largest absolute Gasteiger partial charge is 0.497 e. The third kappa shape index (κ3) is 4.75. The molecule has 0 fully saturated rings. The summed E-state index contributed by atoms with van der Waals surface area (Å²) in [5, 5.41) is 3.95. The number of pyridine rings is 1. The zero-order chi connectivity index (χ0) is 21.6. The quantitative estimate of drug-likeness (QED) is 0.457. The van der Waals surface area contributed by atoms with Gasteiger partial charge >= 0.3 is 0 Å². The van der Waals surface area contributed by atoms with E-state index in [0.29, 0.717) is 35.1 Å². The van der Waals surface area contributed by atoms with E-state index >= 15 is 0 Å². The lowest BCUT2D eigenvalue weighted by Crippen LogP contribution is -2.12. The van der Waals surface area contributed by atoms with Crippen molar-refractivity contribution in [3.8, 4) is 17.2 Å². The van der Waals surface area contributed by atoms with Gasteiger partial charge in [-0.1, -0.05) is 24.3 Å². The molecule has 31 heavy (non-hydrogen) atoms. The Morgan fingerprint density at radius 3 is 2.42 bits per heavy atom. The number of carbonyl (C=O) groups excluding carboxylic acids is 1. The molecule has 0 atom stereocenters. The summed E-state index contributed by atoms with van der Waals surface area (Å²) >= 11 is 0. The normalized spacial score (nSPS) is 10.5. The molecule has 1 heterocycles. The van der Waals surface area contributed by atoms with Crippen molar-refractivity contribution in [2.24, 2.45) is 0 Å². The zero-order valence-electron chi connectivity index (χ0n) is 17.3. The second kappa shape index (κ2) is 9.17. The standard InChI is InChI=1S/C25H22N2O4/c1-29-21-13-14-23(24(15-21)30-2)27-25(28)18-8-11-20(12-9-18)31-16-19-10-7-17-5-3-4-6-22(17)26-19/h3-15H,16H2,1-2H3,(H,27,28). The Labute approximate surface area is 180 Å². The molecule has 4 aromatic rings. The number of hydrogen-bond donors (Lipinski definition) is 1. The summed E-state index contributed by atoms with van der Waals surface area (Å²) in [6, 6.07) is 24.1. The fraction of sp³-hybridized carbons (Fsp3) is 0.120. The van der Waals surface area contributed by atoms with Crippen LogP contribution < -0.4 is 19.5 Å². The van der Waals surface area contributed by atoms with Gasteiger partial charge < -0.3 is 19.5 Å². The van der Waals surface area contributed by atoms with Gasteiger partial charge in [0.15, 0.2) is 0 Å². The molecule has 0 saturated carbocycles. The molecule has 1 N–H and O–H groups in total. The number of fused-ring (bicyclic) bond motifs is 1. The predicted octanol–water partition coefficient (Wildman–Crippen LogP) is 5.08. The molecule has 0 unspecified atom stereocenters. The van der Waals surface area contributed by atoms with Gasteiger partial charge in [-0.25, -0.2) is 4.98 Å². The van der Waals surface area contributed by atoms with Crippen LogP contribution >= 0.6 is 0 Å². The highest BCUT2D eigenvalue weighted by atomic mass is 16.5. The fourth-order valence-electron chi connectivity index (χ4n) is 3.14. The molecular weight excluding hydrogens is 392 g/mol. The van der Waals surface area contributed by atoms with E-state index in [2.05, 4.69) is 10.3 Å². The molecular formula is C25H22N2O4. The van der Waals surface area contributed by atoms with Crippen LogP contribution in [0.15, 0.2) is 78.9 Å². The van der Waals surface area contributed by atoms with Gasteiger partial charge in [0.25, 0.3) is 5.91 Å². The van der Waals surface area contributed by atoms with Crippen molar-refractivity contribution in [3.05, 3.63) is 90.1 Å². The molecule has 0 aliphatic heterocycles. The molecule has 1 amide bonds. The maximum Gasteiger partial charge on any atom is 0.255 e. The lowest BCUT2D eigenvalue weighted by atomic mass is 10.2. The van der Waals surface area contributed by atoms with Crippen molar-refractivity contribution in [2.75, 3.05) is 19.5 Å². The second-order valence-corrected chi connectivity index (χ2v) is 6.83. The topological polar surface area (TPSA) is 69.7 Å². The summed E-state index contributed by atoms with van der Waals surface area (Å²) in [5.41, 5.74) is 2.85. The van der Waals surface area contributed by atoms with Crippen LogP contribution in [0.5, 0.6) is 17.2 Å². The molecule has 4 rings (SSSR count). The molecule has 156 valence electrons. The maximum absolute atomic E-state index is 12.6. The van der Waals surface area contributed by atoms with E-state index in [1.807, 2.05) is 36.4 Å². The number of para-hydroxylation sites is 1. The number of hydrogen-bond acceptors (Lipinski definition) is 5. The molecule has 0 aliphatic carbocycles. The van der Waals surface area contributed by atoms with Crippen molar-refractivity contribution < 1.29 is 19.0 Å². The Kier molecular flexibility index (Phi) is 5.98. The number of benzene rings is 3. The third-order valence-corrected chi connectivity index (χ3v) is 4.82. The molecule has 3 aromatic carbocycles. The number of carbonyl (C=O) groups is 1. The van der Waals surface area contributed by atoms with Gasteiger partial charge in [-0.2, -0.15) is 0 Å². The summed E-state index contributed by atoms with van der Waals surface area (Å²) in [6.45, 7) is 0.347. The van der Waals surface area contributed by atoms with Crippen molar-refractivity contribution >= 4 is 22.5 Å². The first-order valence-corrected chi connectivity index (χ1v) is 9.77. The average molecular weight is 414 g/mol. The Morgan fingerprint density at radius 1 is 0.871 bits per heavy atom. The highest BCUT2D eigenvalue weighted by Gasteiger charge is 2.11. The van der Waals surface area contributed by atoms with Crippen molar-refractivity contribution in [1.82, 2.24) is 4.98 Å². The second-order valence-electron chi connectivity index (χ2n) is 6.83. The van der Waals surface area contributed by atoms with E-state index < -0.39 is 0 Å². The van der Waals surface area contributed by atoms with Crippen molar-refractivity contribution in [3.63, 3.8) is 0 Å². The van der Waals surface area contributed by atoms with Gasteiger partial charge in [-0.15, -0.1) is 0 Å². The van der Waals surface area contributed by atoms with Crippen LogP contribution in [0.1, 0.15) is 16.1 Å². The van der Waals surface area contributed by atoms with E-state index in [4.69, 9.17) is 14.2 Å². The lowest BCUT2D eigenvalue weighted by Gasteiger charge is -2.12. The van der Waals surface area contributed by atoms with Crippen LogP contribution in [0, 0.1) is 0 Å². The molecule has 0 saturated heterocycles. The number of amides is 1. The van der Waals surface area contributed by atoms with Gasteiger partial charge in [-0.3, -0.25) is 4.79 Å². The Hall–Kier alpha value is -4.06. The number of nitrogens with zero attached hydrogens (tertiary/aromatic N) is 1. The van der Waals surface area contributed by atoms with E-state index in [1.54, 1.807) is 56.7 Å². The summed E-state index contributed by atoms with van der Waals surface area (Å²) in [5.74, 6) is 1.59. The summed E-state index contributed by atoms with van der Waals surface area (Å²) in [4.78, 5) is 17.2. The van der Waals surface area contributed by atoms with E-state index in [-0.39, 0.29) is 5.91 Å². The number of ether oxygens (including phenoxy) is 3. The number of aromatic nitrogens is 1. The van der Waals surface area contributed by atoms with Crippen LogP contribution in [0.3, 0.4) is 0 Å². The Balaban J connectivity index is 1.40. The molecule has 0 radical (unpaired) electrons. The van der Waals surface area contributed by atoms with Crippen LogP contribution in [0.2, 0.25) is 0 Å². The number of rotatable bonds is 7. The SMILES string of the molecule is COc1ccc(NC(=O)c2ccc(OCc3ccc4ccccc4n3)cc2)c(OC)c1. The first-order valence-electron chi connectivity index (χ1n) is 9.77. The minimum atomic E-state index is -0.244. The lowest BCUT2D eigenvalue weighted by molar-refractivity contribution is 0.102. The van der Waals surface area contributed by atoms with Gasteiger partial charge in [0.1, 0.15) is 23.9 Å². The molecule has 0 spiro atoms. The molecule has 6 heteroatoms. The first-order chi connectivity index (χ1) is 15.2. The van der Waals surface area contributed by atoms with Crippen LogP contribution in [-0.2, 0) is 6.61 Å².